The van der Waals surface area contributed by atoms with E-state index in [1.54, 1.807) is 36.1 Å². The first kappa shape index (κ1) is 24.9. The first-order valence-electron chi connectivity index (χ1n) is 9.53. The lowest BCUT2D eigenvalue weighted by Gasteiger charge is -2.29. The second kappa shape index (κ2) is 11.8. The Kier molecular flexibility index (Phi) is 9.82. The predicted octanol–water partition coefficient (Wildman–Crippen LogP) is 5.82. The lowest BCUT2D eigenvalue weighted by atomic mass is 10.1. The van der Waals surface area contributed by atoms with Gasteiger partial charge in [-0.15, -0.1) is 11.8 Å². The monoisotopic (exact) mass is 486 g/mol. The van der Waals surface area contributed by atoms with Gasteiger partial charge in [0.1, 0.15) is 6.04 Å². The van der Waals surface area contributed by atoms with Gasteiger partial charge < -0.3 is 10.2 Å². The highest BCUT2D eigenvalue weighted by molar-refractivity contribution is 7.99. The Morgan fingerprint density at radius 2 is 1.63 bits per heavy atom. The molecule has 0 saturated carbocycles. The predicted molar refractivity (Wildman–Crippen MR) is 127 cm³/mol. The Balaban J connectivity index is 2.08. The third kappa shape index (κ3) is 7.69. The molecule has 0 spiro atoms. The van der Waals surface area contributed by atoms with Crippen LogP contribution in [-0.2, 0) is 21.9 Å². The summed E-state index contributed by atoms with van der Waals surface area (Å²) in [6, 6.07) is 12.0. The standard InChI is InChI=1S/C22H25Cl3N2O2S/c1-14(2)26-22(29)15(3)27(11-16-4-7-18(23)8-5-16)21(28)13-30-12-17-6-9-19(24)10-20(17)25/h4-10,14-15H,11-13H2,1-3H3,(H,26,29). The minimum Gasteiger partial charge on any atom is -0.352 e. The number of thioether (sulfide) groups is 1. The van der Waals surface area contributed by atoms with Gasteiger partial charge in [-0.1, -0.05) is 53.0 Å². The van der Waals surface area contributed by atoms with Crippen molar-refractivity contribution in [1.82, 2.24) is 10.2 Å². The van der Waals surface area contributed by atoms with E-state index in [9.17, 15) is 9.59 Å². The summed E-state index contributed by atoms with van der Waals surface area (Å²) in [5, 5.41) is 4.65. The summed E-state index contributed by atoms with van der Waals surface area (Å²) < 4.78 is 0. The van der Waals surface area contributed by atoms with Crippen LogP contribution >= 0.6 is 46.6 Å². The average molecular weight is 488 g/mol. The van der Waals surface area contributed by atoms with E-state index in [1.165, 1.54) is 11.8 Å². The first-order chi connectivity index (χ1) is 14.2. The van der Waals surface area contributed by atoms with Gasteiger partial charge in [-0.3, -0.25) is 9.59 Å². The molecular formula is C22H25Cl3N2O2S. The van der Waals surface area contributed by atoms with Crippen molar-refractivity contribution in [2.75, 3.05) is 5.75 Å². The number of halogens is 3. The SMILES string of the molecule is CC(C)NC(=O)C(C)N(Cc1ccc(Cl)cc1)C(=O)CSCc1ccc(Cl)cc1Cl. The normalized spacial score (nSPS) is 12.0. The maximum Gasteiger partial charge on any atom is 0.242 e. The van der Waals surface area contributed by atoms with Crippen molar-refractivity contribution in [3.63, 3.8) is 0 Å². The van der Waals surface area contributed by atoms with Gasteiger partial charge in [0.25, 0.3) is 0 Å². The molecule has 1 atom stereocenters. The van der Waals surface area contributed by atoms with Gasteiger partial charge in [-0.25, -0.2) is 0 Å². The van der Waals surface area contributed by atoms with Gasteiger partial charge in [0.15, 0.2) is 0 Å². The number of hydrogen-bond acceptors (Lipinski definition) is 3. The van der Waals surface area contributed by atoms with E-state index in [0.29, 0.717) is 27.4 Å². The fourth-order valence-electron chi connectivity index (χ4n) is 2.74. The van der Waals surface area contributed by atoms with Crippen LogP contribution in [0.25, 0.3) is 0 Å². The molecule has 2 rings (SSSR count). The molecule has 0 bridgehead atoms. The number of rotatable bonds is 9. The summed E-state index contributed by atoms with van der Waals surface area (Å²) >= 11 is 19.6. The summed E-state index contributed by atoms with van der Waals surface area (Å²) in [5.74, 6) is 0.499. The lowest BCUT2D eigenvalue weighted by molar-refractivity contribution is -0.138. The Morgan fingerprint density at radius 3 is 2.23 bits per heavy atom. The van der Waals surface area contributed by atoms with Gasteiger partial charge in [0.2, 0.25) is 11.8 Å². The van der Waals surface area contributed by atoms with Gasteiger partial charge in [0, 0.05) is 33.4 Å². The molecule has 30 heavy (non-hydrogen) atoms. The highest BCUT2D eigenvalue weighted by Gasteiger charge is 2.26. The highest BCUT2D eigenvalue weighted by Crippen LogP contribution is 2.25. The zero-order valence-electron chi connectivity index (χ0n) is 17.1. The number of hydrogen-bond donors (Lipinski definition) is 1. The van der Waals surface area contributed by atoms with E-state index in [4.69, 9.17) is 34.8 Å². The van der Waals surface area contributed by atoms with Gasteiger partial charge in [-0.05, 0) is 56.2 Å². The fraction of sp³-hybridized carbons (Fsp3) is 0.364. The van der Waals surface area contributed by atoms with Crippen LogP contribution in [0.3, 0.4) is 0 Å². The minimum atomic E-state index is -0.602. The molecule has 0 radical (unpaired) electrons. The van der Waals surface area contributed by atoms with Crippen LogP contribution in [0, 0.1) is 0 Å². The van der Waals surface area contributed by atoms with Crippen molar-refractivity contribution in [3.05, 3.63) is 68.7 Å². The summed E-state index contributed by atoms with van der Waals surface area (Å²) in [6.07, 6.45) is 0. The molecule has 162 valence electrons. The molecule has 0 aliphatic heterocycles. The molecule has 1 N–H and O–H groups in total. The molecule has 0 aliphatic rings. The highest BCUT2D eigenvalue weighted by atomic mass is 35.5. The maximum atomic E-state index is 13.0. The average Bonchev–Trinajstić information content (AvgIpc) is 2.68. The van der Waals surface area contributed by atoms with Crippen LogP contribution in [0.1, 0.15) is 31.9 Å². The van der Waals surface area contributed by atoms with Crippen molar-refractivity contribution in [1.29, 1.82) is 0 Å². The van der Waals surface area contributed by atoms with Crippen LogP contribution in [0.4, 0.5) is 0 Å². The van der Waals surface area contributed by atoms with E-state index in [1.807, 2.05) is 32.0 Å². The zero-order valence-corrected chi connectivity index (χ0v) is 20.2. The summed E-state index contributed by atoms with van der Waals surface area (Å²) in [7, 11) is 0. The molecule has 0 saturated heterocycles. The Hall–Kier alpha value is -1.40. The topological polar surface area (TPSA) is 49.4 Å². The molecule has 1 unspecified atom stereocenters. The van der Waals surface area contributed by atoms with Gasteiger partial charge >= 0.3 is 0 Å². The second-order valence-electron chi connectivity index (χ2n) is 7.22. The number of carbonyl (C=O) groups excluding carboxylic acids is 2. The second-order valence-corrected chi connectivity index (χ2v) is 9.48. The van der Waals surface area contributed by atoms with Crippen LogP contribution in [-0.4, -0.2) is 34.6 Å². The Morgan fingerprint density at radius 1 is 1.00 bits per heavy atom. The Bertz CT molecular complexity index is 875. The summed E-state index contributed by atoms with van der Waals surface area (Å²) in [5.41, 5.74) is 1.82. The minimum absolute atomic E-state index is 0.00569. The van der Waals surface area contributed by atoms with E-state index < -0.39 is 6.04 Å². The number of benzene rings is 2. The van der Waals surface area contributed by atoms with Crippen molar-refractivity contribution >= 4 is 58.4 Å². The number of amides is 2. The third-order valence-electron chi connectivity index (χ3n) is 4.36. The van der Waals surface area contributed by atoms with E-state index in [0.717, 1.165) is 11.1 Å². The molecule has 2 aromatic rings. The number of nitrogens with zero attached hydrogens (tertiary/aromatic N) is 1. The van der Waals surface area contributed by atoms with E-state index in [2.05, 4.69) is 5.32 Å². The van der Waals surface area contributed by atoms with E-state index >= 15 is 0 Å². The molecule has 0 fully saturated rings. The quantitative estimate of drug-likeness (QED) is 0.485. The van der Waals surface area contributed by atoms with Gasteiger partial charge in [-0.2, -0.15) is 0 Å². The smallest absolute Gasteiger partial charge is 0.242 e. The van der Waals surface area contributed by atoms with Crippen molar-refractivity contribution in [2.45, 2.75) is 45.2 Å². The van der Waals surface area contributed by atoms with Gasteiger partial charge in [0.05, 0.1) is 5.75 Å². The Labute approximate surface area is 197 Å². The maximum absolute atomic E-state index is 13.0. The molecule has 2 aromatic carbocycles. The molecule has 0 aromatic heterocycles. The fourth-order valence-corrected chi connectivity index (χ4v) is 4.34. The number of carbonyl (C=O) groups is 2. The molecule has 0 heterocycles. The third-order valence-corrected chi connectivity index (χ3v) is 6.17. The van der Waals surface area contributed by atoms with Crippen LogP contribution in [0.2, 0.25) is 15.1 Å². The largest absolute Gasteiger partial charge is 0.352 e. The summed E-state index contributed by atoms with van der Waals surface area (Å²) in [4.78, 5) is 27.2. The van der Waals surface area contributed by atoms with Crippen LogP contribution in [0.15, 0.2) is 42.5 Å². The van der Waals surface area contributed by atoms with E-state index in [-0.39, 0.29) is 23.6 Å². The first-order valence-corrected chi connectivity index (χ1v) is 11.8. The van der Waals surface area contributed by atoms with Crippen LogP contribution in [0.5, 0.6) is 0 Å². The molecule has 8 heteroatoms. The number of nitrogens with one attached hydrogen (secondary N) is 1. The van der Waals surface area contributed by atoms with Crippen molar-refractivity contribution in [2.24, 2.45) is 0 Å². The molecule has 0 aliphatic carbocycles. The molecule has 2 amide bonds. The lowest BCUT2D eigenvalue weighted by Crippen LogP contribution is -2.49. The molecular weight excluding hydrogens is 463 g/mol. The van der Waals surface area contributed by atoms with Crippen molar-refractivity contribution in [3.8, 4) is 0 Å². The zero-order chi connectivity index (χ0) is 22.3. The summed E-state index contributed by atoms with van der Waals surface area (Å²) in [6.45, 7) is 5.85. The molecule has 4 nitrogen and oxygen atoms in total. The van der Waals surface area contributed by atoms with Crippen molar-refractivity contribution < 1.29 is 9.59 Å². The van der Waals surface area contributed by atoms with Crippen LogP contribution < -0.4 is 5.32 Å².